The van der Waals surface area contributed by atoms with Crippen molar-refractivity contribution in [1.29, 1.82) is 0 Å². The van der Waals surface area contributed by atoms with E-state index in [0.29, 0.717) is 0 Å². The smallest absolute Gasteiger partial charge is 0.0474 e. The van der Waals surface area contributed by atoms with Gasteiger partial charge in [0.15, 0.2) is 0 Å². The van der Waals surface area contributed by atoms with Crippen LogP contribution in [0.1, 0.15) is 38.4 Å². The van der Waals surface area contributed by atoms with Crippen molar-refractivity contribution in [3.63, 3.8) is 0 Å². The number of allylic oxidation sites excluding steroid dienone is 1. The SMILES string of the molecule is C=Cc1ccn(C)c1/C=C\CC.CC. The van der Waals surface area contributed by atoms with Gasteiger partial charge in [-0.2, -0.15) is 0 Å². The van der Waals surface area contributed by atoms with Gasteiger partial charge in [-0.05, 0) is 24.1 Å². The Bertz CT molecular complexity index is 292. The minimum Gasteiger partial charge on any atom is -0.351 e. The molecule has 1 aromatic rings. The minimum atomic E-state index is 1.07. The third kappa shape index (κ3) is 3.25. The Morgan fingerprint density at radius 3 is 2.57 bits per heavy atom. The summed E-state index contributed by atoms with van der Waals surface area (Å²) >= 11 is 0. The number of aromatic nitrogens is 1. The van der Waals surface area contributed by atoms with Gasteiger partial charge in [-0.1, -0.05) is 39.5 Å². The van der Waals surface area contributed by atoms with Crippen LogP contribution in [-0.2, 0) is 7.05 Å². The molecule has 1 nitrogen and oxygen atoms in total. The molecule has 1 rings (SSSR count). The summed E-state index contributed by atoms with van der Waals surface area (Å²) in [7, 11) is 2.04. The van der Waals surface area contributed by atoms with Crippen LogP contribution in [0.3, 0.4) is 0 Å². The molecule has 0 spiro atoms. The first kappa shape index (κ1) is 12.8. The zero-order chi connectivity index (χ0) is 11.0. The van der Waals surface area contributed by atoms with Gasteiger partial charge < -0.3 is 4.57 Å². The third-order valence-corrected chi connectivity index (χ3v) is 1.88. The van der Waals surface area contributed by atoms with Crippen LogP contribution in [0.4, 0.5) is 0 Å². The molecule has 0 aliphatic carbocycles. The molecule has 14 heavy (non-hydrogen) atoms. The number of nitrogens with zero attached hydrogens (tertiary/aromatic N) is 1. The van der Waals surface area contributed by atoms with Crippen LogP contribution in [0.2, 0.25) is 0 Å². The van der Waals surface area contributed by atoms with Gasteiger partial charge in [-0.3, -0.25) is 0 Å². The van der Waals surface area contributed by atoms with Crippen LogP contribution in [-0.4, -0.2) is 4.57 Å². The van der Waals surface area contributed by atoms with Gasteiger partial charge in [0.2, 0.25) is 0 Å². The third-order valence-electron chi connectivity index (χ3n) is 1.88. The van der Waals surface area contributed by atoms with Crippen LogP contribution in [0.15, 0.2) is 24.9 Å². The number of hydrogen-bond acceptors (Lipinski definition) is 0. The lowest BCUT2D eigenvalue weighted by Crippen LogP contribution is -1.88. The van der Waals surface area contributed by atoms with Crippen molar-refractivity contribution < 1.29 is 0 Å². The first-order valence-corrected chi connectivity index (χ1v) is 5.24. The van der Waals surface area contributed by atoms with E-state index in [1.54, 1.807) is 0 Å². The quantitative estimate of drug-likeness (QED) is 0.677. The van der Waals surface area contributed by atoms with E-state index < -0.39 is 0 Å². The van der Waals surface area contributed by atoms with Crippen molar-refractivity contribution in [3.8, 4) is 0 Å². The molecule has 1 heterocycles. The first-order chi connectivity index (χ1) is 6.79. The fourth-order valence-corrected chi connectivity index (χ4v) is 1.18. The van der Waals surface area contributed by atoms with Crippen molar-refractivity contribution in [2.45, 2.75) is 27.2 Å². The highest BCUT2D eigenvalue weighted by Gasteiger charge is 1.98. The average molecular weight is 191 g/mol. The van der Waals surface area contributed by atoms with E-state index >= 15 is 0 Å². The fourth-order valence-electron chi connectivity index (χ4n) is 1.18. The maximum atomic E-state index is 3.77. The standard InChI is InChI=1S/C11H15N.C2H6/c1-4-6-7-11-10(5-2)8-9-12(11)3;1-2/h5-9H,2,4H2,1,3H3;1-2H3/b7-6-;. The molecule has 0 bridgehead atoms. The molecule has 0 unspecified atom stereocenters. The van der Waals surface area contributed by atoms with Gasteiger partial charge in [0.1, 0.15) is 0 Å². The van der Waals surface area contributed by atoms with Crippen molar-refractivity contribution in [1.82, 2.24) is 4.57 Å². The highest BCUT2D eigenvalue weighted by Crippen LogP contribution is 2.13. The molecule has 0 aliphatic rings. The number of hydrogen-bond donors (Lipinski definition) is 0. The van der Waals surface area contributed by atoms with Crippen LogP contribution < -0.4 is 0 Å². The molecule has 1 aromatic heterocycles. The second kappa shape index (κ2) is 7.19. The molecule has 0 aliphatic heterocycles. The number of aryl methyl sites for hydroxylation is 1. The Balaban J connectivity index is 0.000000791. The predicted molar refractivity (Wildman–Crippen MR) is 66.2 cm³/mol. The molecule has 0 aromatic carbocycles. The normalized spacial score (nSPS) is 9.71. The zero-order valence-corrected chi connectivity index (χ0v) is 9.75. The van der Waals surface area contributed by atoms with E-state index in [1.165, 1.54) is 11.3 Å². The van der Waals surface area contributed by atoms with E-state index in [0.717, 1.165) is 6.42 Å². The van der Waals surface area contributed by atoms with Gasteiger partial charge >= 0.3 is 0 Å². The lowest BCUT2D eigenvalue weighted by Gasteiger charge is -1.97. The summed E-state index contributed by atoms with van der Waals surface area (Å²) in [6, 6.07) is 2.07. The van der Waals surface area contributed by atoms with Gasteiger partial charge in [0.05, 0.1) is 0 Å². The summed E-state index contributed by atoms with van der Waals surface area (Å²) in [6.07, 6.45) is 9.29. The predicted octanol–water partition coefficient (Wildman–Crippen LogP) is 4.12. The topological polar surface area (TPSA) is 4.93 Å². The zero-order valence-electron chi connectivity index (χ0n) is 9.75. The molecule has 0 saturated heterocycles. The largest absolute Gasteiger partial charge is 0.351 e. The summed E-state index contributed by atoms with van der Waals surface area (Å²) in [5.74, 6) is 0. The summed E-state index contributed by atoms with van der Waals surface area (Å²) < 4.78 is 2.10. The lowest BCUT2D eigenvalue weighted by atomic mass is 10.2. The molecular formula is C13H21N. The summed E-state index contributed by atoms with van der Waals surface area (Å²) in [5, 5.41) is 0. The Hall–Kier alpha value is -1.24. The monoisotopic (exact) mass is 191 g/mol. The Morgan fingerprint density at radius 1 is 1.43 bits per heavy atom. The molecule has 0 atom stereocenters. The molecule has 0 radical (unpaired) electrons. The van der Waals surface area contributed by atoms with Crippen molar-refractivity contribution in [2.75, 3.05) is 0 Å². The molecule has 0 fully saturated rings. The van der Waals surface area contributed by atoms with E-state index in [2.05, 4.69) is 36.3 Å². The second-order valence-electron chi connectivity index (χ2n) is 2.78. The van der Waals surface area contributed by atoms with E-state index in [9.17, 15) is 0 Å². The van der Waals surface area contributed by atoms with Crippen molar-refractivity contribution in [3.05, 3.63) is 36.2 Å². The Morgan fingerprint density at radius 2 is 2.07 bits per heavy atom. The van der Waals surface area contributed by atoms with Gasteiger partial charge in [-0.15, -0.1) is 0 Å². The highest BCUT2D eigenvalue weighted by atomic mass is 14.9. The number of rotatable bonds is 3. The van der Waals surface area contributed by atoms with E-state index in [1.807, 2.05) is 33.2 Å². The van der Waals surface area contributed by atoms with Crippen LogP contribution in [0, 0.1) is 0 Å². The molecule has 0 N–H and O–H groups in total. The van der Waals surface area contributed by atoms with Crippen LogP contribution >= 0.6 is 0 Å². The molecule has 0 amide bonds. The first-order valence-electron chi connectivity index (χ1n) is 5.24. The van der Waals surface area contributed by atoms with E-state index in [4.69, 9.17) is 0 Å². The maximum Gasteiger partial charge on any atom is 0.0474 e. The summed E-state index contributed by atoms with van der Waals surface area (Å²) in [4.78, 5) is 0. The molecule has 78 valence electrons. The van der Waals surface area contributed by atoms with Crippen molar-refractivity contribution >= 4 is 12.2 Å². The lowest BCUT2D eigenvalue weighted by molar-refractivity contribution is 0.913. The Labute approximate surface area is 87.8 Å². The maximum absolute atomic E-state index is 3.77. The molecular weight excluding hydrogens is 170 g/mol. The van der Waals surface area contributed by atoms with Crippen molar-refractivity contribution in [2.24, 2.45) is 7.05 Å². The summed E-state index contributed by atoms with van der Waals surface area (Å²) in [5.41, 5.74) is 2.43. The minimum absolute atomic E-state index is 1.07. The highest BCUT2D eigenvalue weighted by molar-refractivity contribution is 5.62. The second-order valence-corrected chi connectivity index (χ2v) is 2.78. The average Bonchev–Trinajstić information content (AvgIpc) is 2.59. The van der Waals surface area contributed by atoms with Gasteiger partial charge in [0, 0.05) is 18.9 Å². The molecule has 0 saturated carbocycles. The Kier molecular flexibility index (Phi) is 6.55. The fraction of sp³-hybridized carbons (Fsp3) is 0.385. The summed E-state index contributed by atoms with van der Waals surface area (Å²) in [6.45, 7) is 9.90. The van der Waals surface area contributed by atoms with Crippen LogP contribution in [0.5, 0.6) is 0 Å². The van der Waals surface area contributed by atoms with E-state index in [-0.39, 0.29) is 0 Å². The molecule has 1 heteroatoms. The van der Waals surface area contributed by atoms with Gasteiger partial charge in [0.25, 0.3) is 0 Å². The van der Waals surface area contributed by atoms with Crippen LogP contribution in [0.25, 0.3) is 12.2 Å². The van der Waals surface area contributed by atoms with Gasteiger partial charge in [-0.25, -0.2) is 0 Å².